The fourth-order valence-electron chi connectivity index (χ4n) is 3.07. The highest BCUT2D eigenvalue weighted by molar-refractivity contribution is 9.10. The molecular weight excluding hydrogens is 432 g/mol. The molecule has 0 atom stereocenters. The average molecular weight is 449 g/mol. The molecule has 1 aromatic heterocycles. The van der Waals surface area contributed by atoms with Crippen LogP contribution in [0.2, 0.25) is 0 Å². The summed E-state index contributed by atoms with van der Waals surface area (Å²) in [6.45, 7) is 1.85. The van der Waals surface area contributed by atoms with Gasteiger partial charge in [-0.05, 0) is 55.5 Å². The van der Waals surface area contributed by atoms with Gasteiger partial charge in [0.25, 0.3) is 11.8 Å². The predicted octanol–water partition coefficient (Wildman–Crippen LogP) is 6.01. The summed E-state index contributed by atoms with van der Waals surface area (Å²) in [7, 11) is 0. The third-order valence-corrected chi connectivity index (χ3v) is 5.01. The van der Waals surface area contributed by atoms with Crippen molar-refractivity contribution < 1.29 is 14.0 Å². The van der Waals surface area contributed by atoms with E-state index < -0.39 is 0 Å². The molecule has 1 heterocycles. The average Bonchev–Trinajstić information content (AvgIpc) is 3.05. The number of rotatable bonds is 4. The number of fused-ring (bicyclic) bond motifs is 1. The number of carbonyl (C=O) groups excluding carboxylic acids is 2. The van der Waals surface area contributed by atoms with Crippen molar-refractivity contribution in [2.24, 2.45) is 0 Å². The topological polar surface area (TPSA) is 71.3 Å². The third-order valence-electron chi connectivity index (χ3n) is 4.52. The quantitative estimate of drug-likeness (QED) is 0.401. The van der Waals surface area contributed by atoms with Gasteiger partial charge in [0.1, 0.15) is 5.58 Å². The number of amides is 2. The smallest absolute Gasteiger partial charge is 0.291 e. The highest BCUT2D eigenvalue weighted by Gasteiger charge is 2.18. The molecule has 0 radical (unpaired) electrons. The van der Waals surface area contributed by atoms with E-state index in [0.29, 0.717) is 22.5 Å². The van der Waals surface area contributed by atoms with Crippen molar-refractivity contribution in [1.29, 1.82) is 0 Å². The van der Waals surface area contributed by atoms with Crippen molar-refractivity contribution in [1.82, 2.24) is 0 Å². The van der Waals surface area contributed by atoms with Crippen LogP contribution in [0.25, 0.3) is 11.0 Å². The van der Waals surface area contributed by atoms with E-state index in [-0.39, 0.29) is 17.6 Å². The van der Waals surface area contributed by atoms with Crippen molar-refractivity contribution in [2.75, 3.05) is 10.6 Å². The fourth-order valence-corrected chi connectivity index (χ4v) is 3.43. The molecule has 144 valence electrons. The predicted molar refractivity (Wildman–Crippen MR) is 117 cm³/mol. The number of halogens is 1. The normalized spacial score (nSPS) is 10.7. The van der Waals surface area contributed by atoms with Crippen LogP contribution in [-0.4, -0.2) is 11.8 Å². The fraction of sp³-hybridized carbons (Fsp3) is 0.0435. The van der Waals surface area contributed by atoms with Crippen LogP contribution in [0, 0.1) is 6.92 Å². The maximum Gasteiger partial charge on any atom is 0.291 e. The molecular formula is C23H17BrN2O3. The minimum Gasteiger partial charge on any atom is -0.451 e. The summed E-state index contributed by atoms with van der Waals surface area (Å²) in [6.07, 6.45) is 0. The Hall–Kier alpha value is -3.38. The lowest BCUT2D eigenvalue weighted by molar-refractivity contribution is 0.0996. The number of anilines is 2. The molecule has 6 heteroatoms. The van der Waals surface area contributed by atoms with Crippen molar-refractivity contribution >= 4 is 50.1 Å². The molecule has 5 nitrogen and oxygen atoms in total. The van der Waals surface area contributed by atoms with Gasteiger partial charge in [-0.15, -0.1) is 0 Å². The van der Waals surface area contributed by atoms with E-state index in [2.05, 4.69) is 26.6 Å². The summed E-state index contributed by atoms with van der Waals surface area (Å²) >= 11 is 3.43. The number of aryl methyl sites for hydroxylation is 1. The van der Waals surface area contributed by atoms with Crippen LogP contribution in [0.4, 0.5) is 11.4 Å². The summed E-state index contributed by atoms with van der Waals surface area (Å²) in [5, 5.41) is 6.55. The van der Waals surface area contributed by atoms with Crippen LogP contribution in [0.5, 0.6) is 0 Å². The molecule has 0 unspecified atom stereocenters. The Morgan fingerprint density at radius 1 is 0.828 bits per heavy atom. The number of nitrogens with one attached hydrogen (secondary N) is 2. The van der Waals surface area contributed by atoms with E-state index >= 15 is 0 Å². The second-order valence-electron chi connectivity index (χ2n) is 6.55. The van der Waals surface area contributed by atoms with Crippen molar-refractivity contribution in [2.45, 2.75) is 6.92 Å². The maximum atomic E-state index is 12.7. The highest BCUT2D eigenvalue weighted by atomic mass is 79.9. The van der Waals surface area contributed by atoms with Gasteiger partial charge in [-0.1, -0.05) is 40.2 Å². The number of benzene rings is 3. The Morgan fingerprint density at radius 2 is 1.52 bits per heavy atom. The van der Waals surface area contributed by atoms with Crippen LogP contribution < -0.4 is 10.6 Å². The van der Waals surface area contributed by atoms with Gasteiger partial charge in [-0.2, -0.15) is 0 Å². The van der Waals surface area contributed by atoms with E-state index in [9.17, 15) is 9.59 Å². The van der Waals surface area contributed by atoms with Crippen molar-refractivity contribution in [3.63, 3.8) is 0 Å². The SMILES string of the molecule is Cc1c(C(=O)Nc2cccc(NC(=O)c3ccccc3)c2)oc2ccc(Br)cc12. The number of hydrogen-bond acceptors (Lipinski definition) is 3. The summed E-state index contributed by atoms with van der Waals surface area (Å²) in [4.78, 5) is 25.1. The first kappa shape index (κ1) is 19.0. The lowest BCUT2D eigenvalue weighted by Gasteiger charge is -2.08. The zero-order valence-corrected chi connectivity index (χ0v) is 17.1. The van der Waals surface area contributed by atoms with E-state index in [1.165, 1.54) is 0 Å². The minimum atomic E-state index is -0.346. The van der Waals surface area contributed by atoms with Crippen molar-refractivity contribution in [3.05, 3.63) is 94.2 Å². The van der Waals surface area contributed by atoms with Gasteiger partial charge in [0, 0.05) is 32.4 Å². The first-order valence-corrected chi connectivity index (χ1v) is 9.77. The molecule has 4 rings (SSSR count). The standard InChI is InChI=1S/C23H17BrN2O3/c1-14-19-12-16(24)10-11-20(19)29-21(14)23(28)26-18-9-5-8-17(13-18)25-22(27)15-6-3-2-4-7-15/h2-13H,1H3,(H,25,27)(H,26,28). The van der Waals surface area contributed by atoms with Crippen LogP contribution in [0.15, 0.2) is 81.7 Å². The molecule has 0 fully saturated rings. The van der Waals surface area contributed by atoms with Crippen LogP contribution in [-0.2, 0) is 0 Å². The second kappa shape index (κ2) is 7.93. The maximum absolute atomic E-state index is 12.7. The van der Waals surface area contributed by atoms with Gasteiger partial charge in [0.2, 0.25) is 0 Å². The Bertz CT molecular complexity index is 1220. The van der Waals surface area contributed by atoms with Gasteiger partial charge in [0.15, 0.2) is 5.76 Å². The monoisotopic (exact) mass is 448 g/mol. The molecule has 0 bridgehead atoms. The summed E-state index contributed by atoms with van der Waals surface area (Å²) < 4.78 is 6.66. The minimum absolute atomic E-state index is 0.215. The van der Waals surface area contributed by atoms with Gasteiger partial charge in [-0.3, -0.25) is 9.59 Å². The second-order valence-corrected chi connectivity index (χ2v) is 7.47. The number of furan rings is 1. The zero-order chi connectivity index (χ0) is 20.4. The number of hydrogen-bond donors (Lipinski definition) is 2. The van der Waals surface area contributed by atoms with Gasteiger partial charge < -0.3 is 15.1 Å². The Morgan fingerprint density at radius 3 is 2.24 bits per heavy atom. The molecule has 0 spiro atoms. The molecule has 29 heavy (non-hydrogen) atoms. The van der Waals surface area contributed by atoms with Crippen LogP contribution in [0.3, 0.4) is 0 Å². The third kappa shape index (κ3) is 4.07. The summed E-state index contributed by atoms with van der Waals surface area (Å²) in [5.41, 5.74) is 3.13. The van der Waals surface area contributed by atoms with Gasteiger partial charge in [-0.25, -0.2) is 0 Å². The molecule has 0 aliphatic rings. The Balaban J connectivity index is 1.53. The van der Waals surface area contributed by atoms with E-state index in [1.807, 2.05) is 31.2 Å². The largest absolute Gasteiger partial charge is 0.451 e. The molecule has 2 N–H and O–H groups in total. The van der Waals surface area contributed by atoms with E-state index in [1.54, 1.807) is 48.5 Å². The lowest BCUT2D eigenvalue weighted by atomic mass is 10.1. The van der Waals surface area contributed by atoms with E-state index in [4.69, 9.17) is 4.42 Å². The molecule has 0 saturated carbocycles. The van der Waals surface area contributed by atoms with E-state index in [0.717, 1.165) is 15.4 Å². The van der Waals surface area contributed by atoms with Crippen LogP contribution in [0.1, 0.15) is 26.5 Å². The van der Waals surface area contributed by atoms with Gasteiger partial charge in [0.05, 0.1) is 0 Å². The highest BCUT2D eigenvalue weighted by Crippen LogP contribution is 2.28. The molecule has 0 saturated heterocycles. The Kier molecular flexibility index (Phi) is 5.18. The zero-order valence-electron chi connectivity index (χ0n) is 15.5. The molecule has 0 aliphatic heterocycles. The molecule has 3 aromatic carbocycles. The first-order chi connectivity index (χ1) is 14.0. The first-order valence-electron chi connectivity index (χ1n) is 8.98. The summed E-state index contributed by atoms with van der Waals surface area (Å²) in [5.74, 6) is -0.300. The lowest BCUT2D eigenvalue weighted by Crippen LogP contribution is -2.14. The molecule has 4 aromatic rings. The molecule has 2 amide bonds. The molecule has 0 aliphatic carbocycles. The van der Waals surface area contributed by atoms with Crippen LogP contribution >= 0.6 is 15.9 Å². The van der Waals surface area contributed by atoms with Crippen molar-refractivity contribution in [3.8, 4) is 0 Å². The summed E-state index contributed by atoms with van der Waals surface area (Å²) in [6, 6.07) is 21.5. The Labute approximate surface area is 175 Å². The van der Waals surface area contributed by atoms with Gasteiger partial charge >= 0.3 is 0 Å². The number of carbonyl (C=O) groups is 2.